The van der Waals surface area contributed by atoms with E-state index in [2.05, 4.69) is 20.7 Å². The van der Waals surface area contributed by atoms with Gasteiger partial charge in [0.15, 0.2) is 10.6 Å². The normalized spacial score (nSPS) is 15.9. The summed E-state index contributed by atoms with van der Waals surface area (Å²) in [5.41, 5.74) is 0. The van der Waals surface area contributed by atoms with E-state index in [-0.39, 0.29) is 0 Å². The summed E-state index contributed by atoms with van der Waals surface area (Å²) < 4.78 is 69.8. The first-order chi connectivity index (χ1) is 7.84. The molecule has 2 unspecified atom stereocenters. The van der Waals surface area contributed by atoms with E-state index >= 15 is 0 Å². The third-order valence-electron chi connectivity index (χ3n) is 1.55. The first kappa shape index (κ1) is 17.3. The number of rotatable bonds is 5. The molecule has 0 bridgehead atoms. The minimum atomic E-state index is -5.19. The molecule has 0 aliphatic carbocycles. The topological polar surface area (TPSA) is 97.7 Å². The van der Waals surface area contributed by atoms with Crippen molar-refractivity contribution in [2.24, 2.45) is 0 Å². The summed E-state index contributed by atoms with van der Waals surface area (Å²) in [6.07, 6.45) is -8.23. The average molecular weight is 357 g/mol. The number of carbonyl (C=O) groups is 2. The maximum absolute atomic E-state index is 12.3. The quantitative estimate of drug-likeness (QED) is 0.337. The highest BCUT2D eigenvalue weighted by atomic mass is 79.9. The molecule has 106 valence electrons. The molecule has 18 heavy (non-hydrogen) atoms. The van der Waals surface area contributed by atoms with E-state index in [1.54, 1.807) is 0 Å². The van der Waals surface area contributed by atoms with Crippen LogP contribution in [0.25, 0.3) is 0 Å². The average Bonchev–Trinajstić information content (AvgIpc) is 2.11. The molecule has 0 aromatic carbocycles. The van der Waals surface area contributed by atoms with Crippen molar-refractivity contribution >= 4 is 37.8 Å². The van der Waals surface area contributed by atoms with Crippen molar-refractivity contribution in [2.75, 3.05) is 5.75 Å². The van der Waals surface area contributed by atoms with E-state index in [0.717, 1.165) is 6.92 Å². The van der Waals surface area contributed by atoms with Crippen LogP contribution >= 0.6 is 15.9 Å². The van der Waals surface area contributed by atoms with Gasteiger partial charge in [-0.05, 0) is 6.92 Å². The van der Waals surface area contributed by atoms with Crippen molar-refractivity contribution in [3.05, 3.63) is 0 Å². The predicted octanol–water partition coefficient (Wildman–Crippen LogP) is 0.701. The summed E-state index contributed by atoms with van der Waals surface area (Å²) in [7, 11) is -5.00. The van der Waals surface area contributed by atoms with Gasteiger partial charge in [0.1, 0.15) is 5.75 Å². The summed E-state index contributed by atoms with van der Waals surface area (Å²) in [6, 6.07) is 0. The zero-order chi connectivity index (χ0) is 14.7. The van der Waals surface area contributed by atoms with Crippen LogP contribution in [0.1, 0.15) is 6.92 Å². The van der Waals surface area contributed by atoms with E-state index in [0.29, 0.717) is 0 Å². The summed E-state index contributed by atoms with van der Waals surface area (Å²) in [5.74, 6) is -4.24. The molecule has 0 saturated carbocycles. The summed E-state index contributed by atoms with van der Waals surface area (Å²) in [5, 5.41) is 0. The molecular weight excluding hydrogens is 349 g/mol. The standard InChI is InChI=1S/C7H8BrF3O6S/c1-3(12)5(8)6(13)17-4(7(9,10)11)2-18(14,15)16/h4-5H,2H2,1H3,(H,14,15,16). The molecule has 0 aliphatic heterocycles. The Morgan fingerprint density at radius 2 is 1.83 bits per heavy atom. The van der Waals surface area contributed by atoms with Gasteiger partial charge in [-0.25, -0.2) is 0 Å². The Balaban J connectivity index is 4.93. The van der Waals surface area contributed by atoms with Gasteiger partial charge in [0.05, 0.1) is 0 Å². The Kier molecular flexibility index (Phi) is 5.75. The first-order valence-corrected chi connectivity index (χ1v) is 6.74. The van der Waals surface area contributed by atoms with Crippen LogP contribution in [-0.4, -0.2) is 47.6 Å². The van der Waals surface area contributed by atoms with Crippen LogP contribution in [-0.2, 0) is 24.4 Å². The fraction of sp³-hybridized carbons (Fsp3) is 0.714. The largest absolute Gasteiger partial charge is 0.450 e. The Morgan fingerprint density at radius 3 is 2.11 bits per heavy atom. The Morgan fingerprint density at radius 1 is 1.39 bits per heavy atom. The number of esters is 1. The molecule has 0 spiro atoms. The maximum Gasteiger partial charge on any atom is 0.426 e. The lowest BCUT2D eigenvalue weighted by Crippen LogP contribution is -2.41. The number of alkyl halides is 4. The molecule has 0 amide bonds. The second-order valence-corrected chi connectivity index (χ2v) is 5.60. The monoisotopic (exact) mass is 356 g/mol. The molecule has 0 heterocycles. The van der Waals surface area contributed by atoms with Gasteiger partial charge in [-0.2, -0.15) is 21.6 Å². The van der Waals surface area contributed by atoms with Crippen molar-refractivity contribution in [3.8, 4) is 0 Å². The smallest absolute Gasteiger partial charge is 0.426 e. The molecule has 0 fully saturated rings. The van der Waals surface area contributed by atoms with E-state index < -0.39 is 44.7 Å². The molecule has 0 aliphatic rings. The third-order valence-corrected chi connectivity index (χ3v) is 3.29. The summed E-state index contributed by atoms with van der Waals surface area (Å²) >= 11 is 2.48. The van der Waals surface area contributed by atoms with Crippen molar-refractivity contribution in [2.45, 2.75) is 24.0 Å². The van der Waals surface area contributed by atoms with Crippen LogP contribution in [0.5, 0.6) is 0 Å². The van der Waals surface area contributed by atoms with Crippen LogP contribution in [0.4, 0.5) is 13.2 Å². The number of hydrogen-bond acceptors (Lipinski definition) is 5. The second kappa shape index (κ2) is 5.97. The van der Waals surface area contributed by atoms with Crippen LogP contribution in [0.3, 0.4) is 0 Å². The van der Waals surface area contributed by atoms with Gasteiger partial charge in [-0.1, -0.05) is 15.9 Å². The minimum Gasteiger partial charge on any atom is -0.450 e. The Bertz CT molecular complexity index is 431. The zero-order valence-electron chi connectivity index (χ0n) is 8.77. The fourth-order valence-corrected chi connectivity index (χ4v) is 1.50. The Hall–Kier alpha value is -0.680. The molecule has 11 heteroatoms. The first-order valence-electron chi connectivity index (χ1n) is 4.21. The number of hydrogen-bond donors (Lipinski definition) is 1. The second-order valence-electron chi connectivity index (χ2n) is 3.19. The van der Waals surface area contributed by atoms with Gasteiger partial charge in [0.2, 0.25) is 6.10 Å². The summed E-state index contributed by atoms with van der Waals surface area (Å²) in [6.45, 7) is 0.923. The molecule has 0 radical (unpaired) electrons. The van der Waals surface area contributed by atoms with Gasteiger partial charge < -0.3 is 4.74 Å². The van der Waals surface area contributed by atoms with Gasteiger partial charge >= 0.3 is 12.1 Å². The lowest BCUT2D eigenvalue weighted by molar-refractivity contribution is -0.214. The number of halogens is 4. The van der Waals surface area contributed by atoms with Gasteiger partial charge in [-0.15, -0.1) is 0 Å². The molecule has 0 rings (SSSR count). The van der Waals surface area contributed by atoms with E-state index in [1.165, 1.54) is 0 Å². The Labute approximate surface area is 108 Å². The highest BCUT2D eigenvalue weighted by Gasteiger charge is 2.46. The molecule has 0 saturated heterocycles. The molecule has 0 aromatic heterocycles. The number of Topliss-reactive ketones (excluding diaryl/α,β-unsaturated/α-hetero) is 1. The number of ether oxygens (including phenoxy) is 1. The van der Waals surface area contributed by atoms with Crippen molar-refractivity contribution < 1.29 is 40.5 Å². The van der Waals surface area contributed by atoms with Gasteiger partial charge in [0.25, 0.3) is 10.1 Å². The highest BCUT2D eigenvalue weighted by molar-refractivity contribution is 9.10. The molecule has 6 nitrogen and oxygen atoms in total. The number of carbonyl (C=O) groups excluding carboxylic acids is 2. The van der Waals surface area contributed by atoms with Crippen LogP contribution in [0, 0.1) is 0 Å². The van der Waals surface area contributed by atoms with Crippen LogP contribution in [0.2, 0.25) is 0 Å². The highest BCUT2D eigenvalue weighted by Crippen LogP contribution is 2.25. The summed E-state index contributed by atoms with van der Waals surface area (Å²) in [4.78, 5) is 20.1. The predicted molar refractivity (Wildman–Crippen MR) is 55.7 cm³/mol. The molecule has 0 aromatic rings. The van der Waals surface area contributed by atoms with Crippen molar-refractivity contribution in [1.29, 1.82) is 0 Å². The lowest BCUT2D eigenvalue weighted by Gasteiger charge is -2.20. The van der Waals surface area contributed by atoms with Gasteiger partial charge in [-0.3, -0.25) is 14.1 Å². The minimum absolute atomic E-state index is 0.812. The van der Waals surface area contributed by atoms with Crippen molar-refractivity contribution in [3.63, 3.8) is 0 Å². The van der Waals surface area contributed by atoms with E-state index in [1.807, 2.05) is 0 Å². The fourth-order valence-electron chi connectivity index (χ4n) is 0.753. The molecule has 2 atom stereocenters. The van der Waals surface area contributed by atoms with Crippen LogP contribution in [0.15, 0.2) is 0 Å². The number of ketones is 1. The van der Waals surface area contributed by atoms with Crippen LogP contribution < -0.4 is 0 Å². The lowest BCUT2D eigenvalue weighted by atomic mass is 10.3. The zero-order valence-corrected chi connectivity index (χ0v) is 11.2. The maximum atomic E-state index is 12.3. The molecule has 1 N–H and O–H groups in total. The SMILES string of the molecule is CC(=O)C(Br)C(=O)OC(CS(=O)(=O)O)C(F)(F)F. The molecular formula is C7H8BrF3O6S. The van der Waals surface area contributed by atoms with E-state index in [9.17, 15) is 31.2 Å². The van der Waals surface area contributed by atoms with Crippen molar-refractivity contribution in [1.82, 2.24) is 0 Å². The van der Waals surface area contributed by atoms with E-state index in [4.69, 9.17) is 4.55 Å². The third kappa shape index (κ3) is 6.31. The van der Waals surface area contributed by atoms with Gasteiger partial charge in [0, 0.05) is 0 Å².